The normalized spacial score (nSPS) is 29.9. The molecule has 1 aromatic rings. The molecule has 2 heterocycles. The molecule has 4 N–H and O–H groups in total. The molecule has 8 heteroatoms. The quantitative estimate of drug-likeness (QED) is 0.708. The van der Waals surface area contributed by atoms with E-state index in [2.05, 4.69) is 26.2 Å². The minimum atomic E-state index is -1.07. The summed E-state index contributed by atoms with van der Waals surface area (Å²) in [5.74, 6) is 0.0325. The van der Waals surface area contributed by atoms with Crippen molar-refractivity contribution in [2.45, 2.75) is 24.9 Å². The lowest BCUT2D eigenvalue weighted by molar-refractivity contribution is -0.120. The number of carbonyl (C=O) groups excluding carboxylic acids is 1. The molecule has 21 heavy (non-hydrogen) atoms. The van der Waals surface area contributed by atoms with E-state index in [-0.39, 0.29) is 17.4 Å². The van der Waals surface area contributed by atoms with Gasteiger partial charge in [0.1, 0.15) is 16.5 Å². The second-order valence-corrected chi connectivity index (χ2v) is 6.34. The predicted molar refractivity (Wildman–Crippen MR) is 78.7 cm³/mol. The molecule has 1 aliphatic heterocycles. The molecule has 2 fully saturated rings. The highest BCUT2D eigenvalue weighted by Gasteiger charge is 2.66. The van der Waals surface area contributed by atoms with Crippen LogP contribution in [-0.2, 0) is 4.79 Å². The van der Waals surface area contributed by atoms with Crippen LogP contribution in [0.2, 0.25) is 0 Å². The first-order valence-electron chi connectivity index (χ1n) is 6.61. The molecule has 0 aromatic carbocycles. The number of nitrogens with one attached hydrogen (secondary N) is 1. The van der Waals surface area contributed by atoms with Gasteiger partial charge in [-0.3, -0.25) is 9.69 Å². The lowest BCUT2D eigenvalue weighted by atomic mass is 9.99. The molecular weight excluding hydrogens is 340 g/mol. The van der Waals surface area contributed by atoms with E-state index in [1.165, 1.54) is 4.90 Å². The van der Waals surface area contributed by atoms with Gasteiger partial charge in [0.2, 0.25) is 5.91 Å². The van der Waals surface area contributed by atoms with Crippen LogP contribution in [0, 0.1) is 5.41 Å². The van der Waals surface area contributed by atoms with E-state index in [0.29, 0.717) is 23.4 Å². The van der Waals surface area contributed by atoms with Gasteiger partial charge in [0.25, 0.3) is 0 Å². The minimum absolute atomic E-state index is 0.133. The number of rotatable bonds is 3. The van der Waals surface area contributed by atoms with Gasteiger partial charge in [0.15, 0.2) is 0 Å². The van der Waals surface area contributed by atoms with Gasteiger partial charge in [-0.25, -0.2) is 9.78 Å². The summed E-state index contributed by atoms with van der Waals surface area (Å²) >= 11 is 3.22. The first kappa shape index (κ1) is 14.3. The van der Waals surface area contributed by atoms with Crippen LogP contribution in [-0.4, -0.2) is 45.6 Å². The summed E-state index contributed by atoms with van der Waals surface area (Å²) in [6, 6.07) is 4.31. The van der Waals surface area contributed by atoms with Crippen molar-refractivity contribution in [3.05, 3.63) is 22.8 Å². The number of fused-ring (bicyclic) bond motifs is 1. The van der Waals surface area contributed by atoms with E-state index in [1.54, 1.807) is 18.2 Å². The SMILES string of the molecule is NCC12CC(C(=O)Nc3cccc(Br)n3)N(C(=O)O)C1C2. The largest absolute Gasteiger partial charge is 0.465 e. The van der Waals surface area contributed by atoms with Gasteiger partial charge in [-0.05, 0) is 40.9 Å². The Labute approximate surface area is 129 Å². The molecule has 1 aliphatic carbocycles. The summed E-state index contributed by atoms with van der Waals surface area (Å²) in [6.07, 6.45) is 0.143. The third-order valence-electron chi connectivity index (χ3n) is 4.31. The maximum atomic E-state index is 12.4. The number of pyridine rings is 1. The van der Waals surface area contributed by atoms with Crippen molar-refractivity contribution in [3.8, 4) is 0 Å². The number of piperidine rings is 1. The van der Waals surface area contributed by atoms with Crippen molar-refractivity contribution in [2.75, 3.05) is 11.9 Å². The molecule has 1 aromatic heterocycles. The zero-order chi connectivity index (χ0) is 15.2. The topological polar surface area (TPSA) is 109 Å². The molecule has 3 atom stereocenters. The molecule has 0 bridgehead atoms. The van der Waals surface area contributed by atoms with Gasteiger partial charge in [-0.15, -0.1) is 0 Å². The zero-order valence-electron chi connectivity index (χ0n) is 11.1. The van der Waals surface area contributed by atoms with Crippen LogP contribution < -0.4 is 11.1 Å². The fourth-order valence-corrected chi connectivity index (χ4v) is 3.46. The van der Waals surface area contributed by atoms with Crippen molar-refractivity contribution < 1.29 is 14.7 Å². The number of aromatic nitrogens is 1. The Hall–Kier alpha value is -1.67. The summed E-state index contributed by atoms with van der Waals surface area (Å²) in [4.78, 5) is 29.1. The summed E-state index contributed by atoms with van der Waals surface area (Å²) in [5.41, 5.74) is 5.52. The Morgan fingerprint density at radius 1 is 1.52 bits per heavy atom. The van der Waals surface area contributed by atoms with Crippen molar-refractivity contribution in [2.24, 2.45) is 11.1 Å². The smallest absolute Gasteiger partial charge is 0.408 e. The first-order chi connectivity index (χ1) is 9.97. The number of amides is 2. The number of nitrogens with two attached hydrogens (primary N) is 1. The predicted octanol–water partition coefficient (Wildman–Crippen LogP) is 1.25. The molecule has 7 nitrogen and oxygen atoms in total. The average Bonchev–Trinajstić information content (AvgIpc) is 3.03. The van der Waals surface area contributed by atoms with Crippen LogP contribution in [0.5, 0.6) is 0 Å². The van der Waals surface area contributed by atoms with Crippen LogP contribution in [0.25, 0.3) is 0 Å². The van der Waals surface area contributed by atoms with Gasteiger partial charge in [-0.1, -0.05) is 6.07 Å². The number of anilines is 1. The molecule has 0 spiro atoms. The van der Waals surface area contributed by atoms with E-state index in [9.17, 15) is 14.7 Å². The average molecular weight is 355 g/mol. The van der Waals surface area contributed by atoms with E-state index in [0.717, 1.165) is 6.42 Å². The maximum absolute atomic E-state index is 12.4. The van der Waals surface area contributed by atoms with E-state index in [4.69, 9.17) is 5.73 Å². The van der Waals surface area contributed by atoms with E-state index >= 15 is 0 Å². The second-order valence-electron chi connectivity index (χ2n) is 5.53. The Bertz CT molecular complexity index is 611. The van der Waals surface area contributed by atoms with Gasteiger partial charge in [0.05, 0.1) is 0 Å². The maximum Gasteiger partial charge on any atom is 0.408 e. The summed E-state index contributed by atoms with van der Waals surface area (Å²) < 4.78 is 0.600. The summed E-state index contributed by atoms with van der Waals surface area (Å²) in [6.45, 7) is 0.403. The van der Waals surface area contributed by atoms with Crippen molar-refractivity contribution in [3.63, 3.8) is 0 Å². The molecule has 1 saturated carbocycles. The number of hydrogen-bond donors (Lipinski definition) is 3. The number of carboxylic acid groups (broad SMARTS) is 1. The lowest BCUT2D eigenvalue weighted by Crippen LogP contribution is -2.44. The first-order valence-corrected chi connectivity index (χ1v) is 7.41. The minimum Gasteiger partial charge on any atom is -0.465 e. The molecule has 2 amide bonds. The fraction of sp³-hybridized carbons (Fsp3) is 0.462. The van der Waals surface area contributed by atoms with Crippen molar-refractivity contribution in [1.82, 2.24) is 9.88 Å². The highest BCUT2D eigenvalue weighted by atomic mass is 79.9. The third-order valence-corrected chi connectivity index (χ3v) is 4.76. The molecule has 3 rings (SSSR count). The molecule has 0 radical (unpaired) electrons. The Balaban J connectivity index is 1.76. The standard InChI is InChI=1S/C13H15BrN4O3/c14-9-2-1-3-10(16-9)17-11(19)7-4-13(6-15)5-8(13)18(7)12(20)21/h1-3,7-8H,4-6,15H2,(H,20,21)(H,16,17,19). The zero-order valence-corrected chi connectivity index (χ0v) is 12.7. The van der Waals surface area contributed by atoms with Gasteiger partial charge < -0.3 is 16.2 Å². The number of carbonyl (C=O) groups is 2. The Morgan fingerprint density at radius 3 is 2.90 bits per heavy atom. The number of hydrogen-bond acceptors (Lipinski definition) is 4. The number of nitrogens with zero attached hydrogens (tertiary/aromatic N) is 2. The Morgan fingerprint density at radius 2 is 2.29 bits per heavy atom. The highest BCUT2D eigenvalue weighted by Crippen LogP contribution is 2.58. The molecule has 2 aliphatic rings. The van der Waals surface area contributed by atoms with Crippen LogP contribution in [0.3, 0.4) is 0 Å². The number of halogens is 1. The molecule has 3 unspecified atom stereocenters. The summed E-state index contributed by atoms with van der Waals surface area (Å²) in [7, 11) is 0. The van der Waals surface area contributed by atoms with E-state index in [1.807, 2.05) is 0 Å². The van der Waals surface area contributed by atoms with Crippen molar-refractivity contribution >= 4 is 33.7 Å². The van der Waals surface area contributed by atoms with Crippen LogP contribution >= 0.6 is 15.9 Å². The lowest BCUT2D eigenvalue weighted by Gasteiger charge is -2.23. The fourth-order valence-electron chi connectivity index (χ4n) is 3.12. The second kappa shape index (κ2) is 4.96. The molecular formula is C13H15BrN4O3. The van der Waals surface area contributed by atoms with Gasteiger partial charge >= 0.3 is 6.09 Å². The monoisotopic (exact) mass is 354 g/mol. The Kier molecular flexibility index (Phi) is 3.37. The summed E-state index contributed by atoms with van der Waals surface area (Å²) in [5, 5.41) is 12.0. The van der Waals surface area contributed by atoms with Crippen LogP contribution in [0.1, 0.15) is 12.8 Å². The van der Waals surface area contributed by atoms with E-state index < -0.39 is 12.1 Å². The third kappa shape index (κ3) is 2.38. The molecule has 112 valence electrons. The van der Waals surface area contributed by atoms with Crippen molar-refractivity contribution in [1.29, 1.82) is 0 Å². The van der Waals surface area contributed by atoms with Gasteiger partial charge in [0, 0.05) is 18.0 Å². The van der Waals surface area contributed by atoms with Crippen LogP contribution in [0.15, 0.2) is 22.8 Å². The van der Waals surface area contributed by atoms with Gasteiger partial charge in [-0.2, -0.15) is 0 Å². The number of likely N-dealkylation sites (tertiary alicyclic amines) is 1. The molecule has 1 saturated heterocycles. The van der Waals surface area contributed by atoms with Crippen LogP contribution in [0.4, 0.5) is 10.6 Å². The highest BCUT2D eigenvalue weighted by molar-refractivity contribution is 9.10.